The highest BCUT2D eigenvalue weighted by Crippen LogP contribution is 2.35. The SMILES string of the molecule is CN(c1cnc(-c2ccc3c(=O)ccn(C)c3c2O)cn1)[C@@H]1CC2CCC(N2)[C@@H]1F. The minimum absolute atomic E-state index is 0.0122. The zero-order valence-corrected chi connectivity index (χ0v) is 16.9. The number of rotatable bonds is 3. The Hall–Kier alpha value is -3.00. The van der Waals surface area contributed by atoms with Gasteiger partial charge < -0.3 is 19.9 Å². The molecule has 3 aromatic rings. The fraction of sp³-hybridized carbons (Fsp3) is 0.409. The summed E-state index contributed by atoms with van der Waals surface area (Å²) in [4.78, 5) is 22.9. The molecule has 0 spiro atoms. The Labute approximate surface area is 173 Å². The van der Waals surface area contributed by atoms with Gasteiger partial charge in [-0.05, 0) is 31.4 Å². The molecule has 1 aromatic carbocycles. The molecule has 2 aromatic heterocycles. The van der Waals surface area contributed by atoms with Crippen molar-refractivity contribution in [3.05, 3.63) is 47.0 Å². The highest BCUT2D eigenvalue weighted by Gasteiger charge is 2.43. The molecule has 4 heterocycles. The largest absolute Gasteiger partial charge is 0.505 e. The molecule has 2 fully saturated rings. The molecular formula is C22H24FN5O2. The molecule has 5 rings (SSSR count). The number of hydrogen-bond donors (Lipinski definition) is 2. The first-order valence-corrected chi connectivity index (χ1v) is 10.2. The van der Waals surface area contributed by atoms with Crippen LogP contribution in [0, 0.1) is 0 Å². The number of nitrogens with one attached hydrogen (secondary N) is 1. The van der Waals surface area contributed by atoms with Gasteiger partial charge in [-0.1, -0.05) is 0 Å². The molecule has 2 saturated heterocycles. The number of benzene rings is 1. The van der Waals surface area contributed by atoms with Crippen LogP contribution in [-0.2, 0) is 7.05 Å². The smallest absolute Gasteiger partial charge is 0.189 e. The van der Waals surface area contributed by atoms with Crippen molar-refractivity contribution in [3.63, 3.8) is 0 Å². The number of piperidine rings is 1. The van der Waals surface area contributed by atoms with Crippen LogP contribution in [0.1, 0.15) is 19.3 Å². The lowest BCUT2D eigenvalue weighted by Crippen LogP contribution is -2.55. The Morgan fingerprint density at radius 2 is 2.07 bits per heavy atom. The van der Waals surface area contributed by atoms with Crippen LogP contribution in [0.3, 0.4) is 0 Å². The van der Waals surface area contributed by atoms with Gasteiger partial charge in [-0.2, -0.15) is 0 Å². The lowest BCUT2D eigenvalue weighted by atomic mass is 9.96. The summed E-state index contributed by atoms with van der Waals surface area (Å²) in [7, 11) is 3.63. The molecule has 7 nitrogen and oxygen atoms in total. The van der Waals surface area contributed by atoms with Crippen molar-refractivity contribution >= 4 is 16.7 Å². The van der Waals surface area contributed by atoms with Crippen LogP contribution in [0.15, 0.2) is 41.6 Å². The average Bonchev–Trinajstić information content (AvgIpc) is 3.16. The van der Waals surface area contributed by atoms with Gasteiger partial charge in [0.1, 0.15) is 17.7 Å². The summed E-state index contributed by atoms with van der Waals surface area (Å²) in [5.41, 5.74) is 1.29. The molecule has 0 radical (unpaired) electrons. The molecule has 2 bridgehead atoms. The van der Waals surface area contributed by atoms with Crippen molar-refractivity contribution < 1.29 is 9.50 Å². The van der Waals surface area contributed by atoms with Gasteiger partial charge in [0, 0.05) is 49.4 Å². The highest BCUT2D eigenvalue weighted by molar-refractivity contribution is 5.91. The molecule has 156 valence electrons. The summed E-state index contributed by atoms with van der Waals surface area (Å²) < 4.78 is 16.6. The van der Waals surface area contributed by atoms with Gasteiger partial charge in [0.2, 0.25) is 0 Å². The number of phenolic OH excluding ortho intramolecular Hbond substituents is 1. The van der Waals surface area contributed by atoms with Crippen molar-refractivity contribution in [2.75, 3.05) is 11.9 Å². The second kappa shape index (κ2) is 7.05. The third kappa shape index (κ3) is 2.94. The Morgan fingerprint density at radius 3 is 2.83 bits per heavy atom. The van der Waals surface area contributed by atoms with Crippen LogP contribution in [-0.4, -0.2) is 51.0 Å². The van der Waals surface area contributed by atoms with Crippen LogP contribution < -0.4 is 15.6 Å². The van der Waals surface area contributed by atoms with Crippen LogP contribution in [0.25, 0.3) is 22.2 Å². The number of aromatic nitrogens is 3. The van der Waals surface area contributed by atoms with E-state index in [1.54, 1.807) is 42.3 Å². The summed E-state index contributed by atoms with van der Waals surface area (Å²) in [6, 6.07) is 4.89. The predicted molar refractivity (Wildman–Crippen MR) is 114 cm³/mol. The zero-order chi connectivity index (χ0) is 21.0. The first-order valence-electron chi connectivity index (χ1n) is 10.2. The number of anilines is 1. The number of aromatic hydroxyl groups is 1. The minimum atomic E-state index is -0.943. The van der Waals surface area contributed by atoms with E-state index in [4.69, 9.17) is 0 Å². The first kappa shape index (κ1) is 19.0. The molecular weight excluding hydrogens is 385 g/mol. The standard InChI is InChI=1S/C22H24FN5O2/c1-27-8-7-18(29)14-5-4-13(22(30)21(14)27)16-10-25-19(11-24-16)28(2)17-9-12-3-6-15(26-12)20(17)23/h4-5,7-8,10-12,15,17,20,26,30H,3,6,9H2,1-2H3/t12?,15?,17-,20+/m1/s1. The predicted octanol–water partition coefficient (Wildman–Crippen LogP) is 2.37. The van der Waals surface area contributed by atoms with E-state index in [0.29, 0.717) is 34.0 Å². The molecule has 0 amide bonds. The lowest BCUT2D eigenvalue weighted by molar-refractivity contribution is 0.176. The number of nitrogens with zero attached hydrogens (tertiary/aromatic N) is 4. The molecule has 2 aliphatic rings. The number of alkyl halides is 1. The summed E-state index contributed by atoms with van der Waals surface area (Å²) in [6.07, 6.45) is 6.51. The topological polar surface area (TPSA) is 83.3 Å². The fourth-order valence-electron chi connectivity index (χ4n) is 4.85. The molecule has 8 heteroatoms. The normalized spacial score (nSPS) is 25.6. The molecule has 30 heavy (non-hydrogen) atoms. The first-order chi connectivity index (χ1) is 14.4. The summed E-state index contributed by atoms with van der Waals surface area (Å²) >= 11 is 0. The molecule has 4 atom stereocenters. The van der Waals surface area contributed by atoms with E-state index < -0.39 is 6.17 Å². The molecule has 2 N–H and O–H groups in total. The highest BCUT2D eigenvalue weighted by atomic mass is 19.1. The van der Waals surface area contributed by atoms with E-state index in [-0.39, 0.29) is 23.3 Å². The molecule has 0 saturated carbocycles. The molecule has 0 aliphatic carbocycles. The van der Waals surface area contributed by atoms with E-state index in [0.717, 1.165) is 19.3 Å². The minimum Gasteiger partial charge on any atom is -0.505 e. The van der Waals surface area contributed by atoms with Gasteiger partial charge in [-0.25, -0.2) is 9.37 Å². The van der Waals surface area contributed by atoms with E-state index in [2.05, 4.69) is 15.3 Å². The van der Waals surface area contributed by atoms with Gasteiger partial charge in [0.15, 0.2) is 5.43 Å². The lowest BCUT2D eigenvalue weighted by Gasteiger charge is -2.38. The Morgan fingerprint density at radius 1 is 1.23 bits per heavy atom. The summed E-state index contributed by atoms with van der Waals surface area (Å²) in [5, 5.41) is 14.6. The van der Waals surface area contributed by atoms with E-state index in [9.17, 15) is 14.3 Å². The van der Waals surface area contributed by atoms with E-state index in [1.807, 2.05) is 11.9 Å². The van der Waals surface area contributed by atoms with Crippen molar-refractivity contribution in [1.29, 1.82) is 0 Å². The van der Waals surface area contributed by atoms with Crippen molar-refractivity contribution in [1.82, 2.24) is 19.9 Å². The number of pyridine rings is 1. The van der Waals surface area contributed by atoms with Gasteiger partial charge in [-0.15, -0.1) is 0 Å². The van der Waals surface area contributed by atoms with Crippen molar-refractivity contribution in [3.8, 4) is 17.0 Å². The maximum Gasteiger partial charge on any atom is 0.189 e. The van der Waals surface area contributed by atoms with Crippen LogP contribution in [0.5, 0.6) is 5.75 Å². The zero-order valence-electron chi connectivity index (χ0n) is 16.9. The van der Waals surface area contributed by atoms with Crippen LogP contribution >= 0.6 is 0 Å². The van der Waals surface area contributed by atoms with Gasteiger partial charge in [-0.3, -0.25) is 9.78 Å². The van der Waals surface area contributed by atoms with Gasteiger partial charge in [0.05, 0.1) is 29.6 Å². The average molecular weight is 409 g/mol. The molecule has 2 unspecified atom stereocenters. The molecule has 2 aliphatic heterocycles. The monoisotopic (exact) mass is 409 g/mol. The number of hydrogen-bond acceptors (Lipinski definition) is 6. The van der Waals surface area contributed by atoms with Crippen molar-refractivity contribution in [2.24, 2.45) is 7.05 Å². The third-order valence-electron chi connectivity index (χ3n) is 6.55. The fourth-order valence-corrected chi connectivity index (χ4v) is 4.85. The second-order valence-electron chi connectivity index (χ2n) is 8.31. The summed E-state index contributed by atoms with van der Waals surface area (Å²) in [6.45, 7) is 0. The Kier molecular flexibility index (Phi) is 4.47. The number of phenols is 1. The Balaban J connectivity index is 1.46. The van der Waals surface area contributed by atoms with Gasteiger partial charge in [0.25, 0.3) is 0 Å². The number of halogens is 1. The second-order valence-corrected chi connectivity index (χ2v) is 8.31. The number of fused-ring (bicyclic) bond motifs is 3. The van der Waals surface area contributed by atoms with Crippen LogP contribution in [0.2, 0.25) is 0 Å². The third-order valence-corrected chi connectivity index (χ3v) is 6.55. The maximum atomic E-state index is 14.9. The quantitative estimate of drug-likeness (QED) is 0.691. The van der Waals surface area contributed by atoms with E-state index in [1.165, 1.54) is 6.07 Å². The van der Waals surface area contributed by atoms with E-state index >= 15 is 0 Å². The van der Waals surface area contributed by atoms with Crippen LogP contribution in [0.4, 0.5) is 10.2 Å². The summed E-state index contributed by atoms with van der Waals surface area (Å²) in [5.74, 6) is 0.585. The maximum absolute atomic E-state index is 14.9. The number of aryl methyl sites for hydroxylation is 1. The van der Waals surface area contributed by atoms with Crippen molar-refractivity contribution in [2.45, 2.75) is 43.6 Å². The Bertz CT molecular complexity index is 1160. The van der Waals surface area contributed by atoms with Gasteiger partial charge >= 0.3 is 0 Å².